The summed E-state index contributed by atoms with van der Waals surface area (Å²) in [5.41, 5.74) is 0. The zero-order valence-corrected chi connectivity index (χ0v) is 10.00. The molecule has 1 aliphatic rings. The molecule has 1 fully saturated rings. The molecule has 0 radical (unpaired) electrons. The molecule has 0 aromatic rings. The zero-order chi connectivity index (χ0) is 11.1. The minimum Gasteiger partial charge on any atom is -0.381 e. The number of hydrogen-bond acceptors (Lipinski definition) is 3. The number of carbonyl (C=O) groups is 1. The number of Topliss-reactive ketones (excluding diaryl/α,β-unsaturated/α-hetero) is 1. The first kappa shape index (κ1) is 12.7. The predicted octanol–water partition coefficient (Wildman–Crippen LogP) is 1.71. The number of ether oxygens (including phenoxy) is 1. The number of nitrogens with zero attached hydrogens (tertiary/aromatic N) is 1. The number of carbonyl (C=O) groups excluding carboxylic acids is 1. The Bertz CT molecular complexity index is 188. The molecule has 1 aliphatic heterocycles. The van der Waals surface area contributed by atoms with Crippen LogP contribution in [0.3, 0.4) is 0 Å². The van der Waals surface area contributed by atoms with Gasteiger partial charge in [0, 0.05) is 26.2 Å². The van der Waals surface area contributed by atoms with E-state index in [2.05, 4.69) is 11.8 Å². The third kappa shape index (κ3) is 5.28. The molecule has 0 aliphatic carbocycles. The molecule has 1 heterocycles. The van der Waals surface area contributed by atoms with Crippen molar-refractivity contribution >= 4 is 5.78 Å². The van der Waals surface area contributed by atoms with Gasteiger partial charge >= 0.3 is 0 Å². The maximum absolute atomic E-state index is 11.4. The number of likely N-dealkylation sites (N-methyl/N-ethyl adjacent to an activating group) is 1. The number of hydrogen-bond donors (Lipinski definition) is 0. The van der Waals surface area contributed by atoms with Crippen LogP contribution in [0.2, 0.25) is 0 Å². The lowest BCUT2D eigenvalue weighted by atomic mass is 10.00. The molecule has 0 atom stereocenters. The Labute approximate surface area is 92.8 Å². The number of ketones is 1. The zero-order valence-electron chi connectivity index (χ0n) is 10.00. The quantitative estimate of drug-likeness (QED) is 0.673. The van der Waals surface area contributed by atoms with Crippen LogP contribution >= 0.6 is 0 Å². The van der Waals surface area contributed by atoms with E-state index in [0.29, 0.717) is 12.3 Å². The lowest BCUT2D eigenvalue weighted by Crippen LogP contribution is -2.33. The largest absolute Gasteiger partial charge is 0.381 e. The van der Waals surface area contributed by atoms with Crippen molar-refractivity contribution in [1.29, 1.82) is 0 Å². The van der Waals surface area contributed by atoms with Crippen LogP contribution in [0, 0.1) is 5.92 Å². The van der Waals surface area contributed by atoms with Gasteiger partial charge in [0.2, 0.25) is 0 Å². The molecule has 1 rings (SSSR count). The van der Waals surface area contributed by atoms with Crippen LogP contribution in [0.15, 0.2) is 0 Å². The van der Waals surface area contributed by atoms with E-state index in [1.165, 1.54) is 0 Å². The third-order valence-electron chi connectivity index (χ3n) is 2.89. The van der Waals surface area contributed by atoms with Crippen LogP contribution in [-0.2, 0) is 9.53 Å². The Morgan fingerprint density at radius 2 is 2.07 bits per heavy atom. The summed E-state index contributed by atoms with van der Waals surface area (Å²) in [6.07, 6.45) is 3.97. The van der Waals surface area contributed by atoms with E-state index in [1.807, 2.05) is 7.05 Å². The van der Waals surface area contributed by atoms with E-state index in [4.69, 9.17) is 4.74 Å². The Morgan fingerprint density at radius 3 is 2.67 bits per heavy atom. The van der Waals surface area contributed by atoms with E-state index in [1.54, 1.807) is 0 Å². The highest BCUT2D eigenvalue weighted by Crippen LogP contribution is 2.15. The van der Waals surface area contributed by atoms with Crippen molar-refractivity contribution in [2.75, 3.05) is 33.4 Å². The molecular formula is C12H23NO2. The van der Waals surface area contributed by atoms with Crippen molar-refractivity contribution < 1.29 is 9.53 Å². The van der Waals surface area contributed by atoms with Gasteiger partial charge in [-0.05, 0) is 32.2 Å². The van der Waals surface area contributed by atoms with Gasteiger partial charge in [-0.25, -0.2) is 0 Å². The first-order valence-corrected chi connectivity index (χ1v) is 6.00. The second-order valence-electron chi connectivity index (χ2n) is 4.54. The minimum atomic E-state index is 0.368. The highest BCUT2D eigenvalue weighted by atomic mass is 16.5. The molecule has 0 N–H and O–H groups in total. The van der Waals surface area contributed by atoms with Crippen molar-refractivity contribution in [2.24, 2.45) is 5.92 Å². The summed E-state index contributed by atoms with van der Waals surface area (Å²) in [7, 11) is 2.04. The summed E-state index contributed by atoms with van der Waals surface area (Å²) in [5, 5.41) is 0. The highest BCUT2D eigenvalue weighted by Gasteiger charge is 2.16. The molecule has 3 nitrogen and oxygen atoms in total. The topological polar surface area (TPSA) is 29.5 Å². The minimum absolute atomic E-state index is 0.368. The van der Waals surface area contributed by atoms with Crippen molar-refractivity contribution in [3.05, 3.63) is 0 Å². The van der Waals surface area contributed by atoms with Gasteiger partial charge in [-0.15, -0.1) is 0 Å². The third-order valence-corrected chi connectivity index (χ3v) is 2.89. The van der Waals surface area contributed by atoms with Crippen LogP contribution in [-0.4, -0.2) is 44.0 Å². The summed E-state index contributed by atoms with van der Waals surface area (Å²) >= 11 is 0. The maximum Gasteiger partial charge on any atom is 0.146 e. The average Bonchev–Trinajstić information content (AvgIpc) is 2.19. The summed E-state index contributed by atoms with van der Waals surface area (Å²) in [4.78, 5) is 13.6. The van der Waals surface area contributed by atoms with Gasteiger partial charge in [-0.3, -0.25) is 9.69 Å². The summed E-state index contributed by atoms with van der Waals surface area (Å²) in [6.45, 7) is 5.49. The van der Waals surface area contributed by atoms with Gasteiger partial charge in [0.1, 0.15) is 5.78 Å². The second-order valence-corrected chi connectivity index (χ2v) is 4.54. The standard InChI is InChI=1S/C12H23NO2/c1-3-4-12(14)10-13(2)9-11-5-7-15-8-6-11/h11H,3-10H2,1-2H3. The van der Waals surface area contributed by atoms with Gasteiger partial charge in [0.15, 0.2) is 0 Å². The summed E-state index contributed by atoms with van der Waals surface area (Å²) in [6, 6.07) is 0. The average molecular weight is 213 g/mol. The first-order chi connectivity index (χ1) is 7.22. The van der Waals surface area contributed by atoms with E-state index < -0.39 is 0 Å². The molecule has 0 spiro atoms. The highest BCUT2D eigenvalue weighted by molar-refractivity contribution is 5.80. The Hall–Kier alpha value is -0.410. The molecule has 0 bridgehead atoms. The summed E-state index contributed by atoms with van der Waals surface area (Å²) in [5.74, 6) is 1.09. The van der Waals surface area contributed by atoms with Crippen LogP contribution in [0.25, 0.3) is 0 Å². The molecular weight excluding hydrogens is 190 g/mol. The fourth-order valence-electron chi connectivity index (χ4n) is 2.09. The Balaban J connectivity index is 2.16. The monoisotopic (exact) mass is 213 g/mol. The van der Waals surface area contributed by atoms with Crippen LogP contribution in [0.1, 0.15) is 32.6 Å². The molecule has 0 saturated carbocycles. The van der Waals surface area contributed by atoms with Gasteiger partial charge < -0.3 is 4.74 Å². The van der Waals surface area contributed by atoms with E-state index in [9.17, 15) is 4.79 Å². The van der Waals surface area contributed by atoms with E-state index >= 15 is 0 Å². The van der Waals surface area contributed by atoms with Crippen LogP contribution in [0.5, 0.6) is 0 Å². The lowest BCUT2D eigenvalue weighted by Gasteiger charge is -2.26. The smallest absolute Gasteiger partial charge is 0.146 e. The van der Waals surface area contributed by atoms with Crippen LogP contribution in [0.4, 0.5) is 0 Å². The van der Waals surface area contributed by atoms with Crippen molar-refractivity contribution in [2.45, 2.75) is 32.6 Å². The molecule has 88 valence electrons. The van der Waals surface area contributed by atoms with E-state index in [-0.39, 0.29) is 0 Å². The predicted molar refractivity (Wildman–Crippen MR) is 61.0 cm³/mol. The maximum atomic E-state index is 11.4. The Morgan fingerprint density at radius 1 is 1.40 bits per heavy atom. The number of rotatable bonds is 6. The van der Waals surface area contributed by atoms with Crippen molar-refractivity contribution in [3.63, 3.8) is 0 Å². The Kier molecular flexibility index (Phi) is 5.88. The lowest BCUT2D eigenvalue weighted by molar-refractivity contribution is -0.120. The van der Waals surface area contributed by atoms with Gasteiger partial charge in [-0.1, -0.05) is 6.92 Å². The molecule has 0 aromatic heterocycles. The molecule has 0 amide bonds. The second kappa shape index (κ2) is 6.96. The fourth-order valence-corrected chi connectivity index (χ4v) is 2.09. The molecule has 0 aromatic carbocycles. The normalized spacial score (nSPS) is 18.3. The molecule has 15 heavy (non-hydrogen) atoms. The first-order valence-electron chi connectivity index (χ1n) is 6.00. The van der Waals surface area contributed by atoms with Gasteiger partial charge in [0.25, 0.3) is 0 Å². The van der Waals surface area contributed by atoms with Crippen molar-refractivity contribution in [3.8, 4) is 0 Å². The molecule has 1 saturated heterocycles. The summed E-state index contributed by atoms with van der Waals surface area (Å²) < 4.78 is 5.32. The fraction of sp³-hybridized carbons (Fsp3) is 0.917. The van der Waals surface area contributed by atoms with Gasteiger partial charge in [0.05, 0.1) is 6.54 Å². The SMILES string of the molecule is CCCC(=O)CN(C)CC1CCOCC1. The van der Waals surface area contributed by atoms with E-state index in [0.717, 1.165) is 51.4 Å². The van der Waals surface area contributed by atoms with Crippen LogP contribution < -0.4 is 0 Å². The molecule has 0 unspecified atom stereocenters. The molecule has 3 heteroatoms. The van der Waals surface area contributed by atoms with Gasteiger partial charge in [-0.2, -0.15) is 0 Å². The van der Waals surface area contributed by atoms with Crippen molar-refractivity contribution in [1.82, 2.24) is 4.90 Å².